The Labute approximate surface area is 70.9 Å². The lowest BCUT2D eigenvalue weighted by molar-refractivity contribution is 0.181. The van der Waals surface area contributed by atoms with E-state index in [2.05, 4.69) is 4.98 Å². The highest BCUT2D eigenvalue weighted by Gasteiger charge is 1.98. The predicted molar refractivity (Wildman–Crippen MR) is 46.0 cm³/mol. The summed E-state index contributed by atoms with van der Waals surface area (Å²) in [7, 11) is 1.60. The van der Waals surface area contributed by atoms with Gasteiger partial charge in [0.1, 0.15) is 5.84 Å². The minimum absolute atomic E-state index is 0.0507. The second-order valence-electron chi connectivity index (χ2n) is 2.38. The molecule has 0 atom stereocenters. The molecule has 0 fully saturated rings. The summed E-state index contributed by atoms with van der Waals surface area (Å²) in [5, 5.41) is 7.17. The van der Waals surface area contributed by atoms with Crippen LogP contribution < -0.4 is 5.73 Å². The Hall–Kier alpha value is -1.42. The van der Waals surface area contributed by atoms with Gasteiger partial charge in [-0.1, -0.05) is 0 Å². The number of aromatic nitrogens is 1. The molecule has 0 unspecified atom stereocenters. The summed E-state index contributed by atoms with van der Waals surface area (Å²) in [5.41, 5.74) is 6.75. The highest BCUT2D eigenvalue weighted by Crippen LogP contribution is 2.01. The Morgan fingerprint density at radius 2 is 2.50 bits per heavy atom. The zero-order chi connectivity index (χ0) is 8.97. The van der Waals surface area contributed by atoms with E-state index in [1.54, 1.807) is 25.4 Å². The molecule has 0 spiro atoms. The highest BCUT2D eigenvalue weighted by molar-refractivity contribution is 5.94. The number of rotatable bonds is 3. The van der Waals surface area contributed by atoms with Crippen molar-refractivity contribution in [2.75, 3.05) is 7.11 Å². The number of nitrogens with zero attached hydrogens (tertiary/aromatic N) is 1. The molecule has 4 nitrogen and oxygen atoms in total. The maximum Gasteiger partial charge on any atom is 0.122 e. The first kappa shape index (κ1) is 8.67. The fraction of sp³-hybridized carbons (Fsp3) is 0.250. The predicted octanol–water partition coefficient (Wildman–Crippen LogP) is 0.512. The van der Waals surface area contributed by atoms with Gasteiger partial charge in [-0.25, -0.2) is 0 Å². The standard InChI is InChI=1S/C8H11N3O/c1-12-5-7-4-6(8(9)10)2-3-11-7/h2-4H,5H2,1H3,(H3,9,10). The van der Waals surface area contributed by atoms with Crippen LogP contribution in [0.15, 0.2) is 18.3 Å². The van der Waals surface area contributed by atoms with Gasteiger partial charge in [-0.2, -0.15) is 0 Å². The van der Waals surface area contributed by atoms with Crippen molar-refractivity contribution >= 4 is 5.84 Å². The first-order valence-corrected chi connectivity index (χ1v) is 3.52. The number of nitrogens with one attached hydrogen (secondary N) is 1. The molecule has 3 N–H and O–H groups in total. The van der Waals surface area contributed by atoms with Crippen molar-refractivity contribution in [3.63, 3.8) is 0 Å². The van der Waals surface area contributed by atoms with Crippen LogP contribution in [0.4, 0.5) is 0 Å². The van der Waals surface area contributed by atoms with Crippen LogP contribution in [0.3, 0.4) is 0 Å². The first-order chi connectivity index (χ1) is 5.74. The number of amidine groups is 1. The van der Waals surface area contributed by atoms with Crippen molar-refractivity contribution in [3.05, 3.63) is 29.6 Å². The van der Waals surface area contributed by atoms with Crippen molar-refractivity contribution < 1.29 is 4.74 Å². The Morgan fingerprint density at radius 3 is 3.08 bits per heavy atom. The summed E-state index contributed by atoms with van der Waals surface area (Å²) in [4.78, 5) is 4.03. The third-order valence-electron chi connectivity index (χ3n) is 1.42. The van der Waals surface area contributed by atoms with Gasteiger partial charge in [0.2, 0.25) is 0 Å². The monoisotopic (exact) mass is 165 g/mol. The van der Waals surface area contributed by atoms with Crippen LogP contribution in [-0.4, -0.2) is 17.9 Å². The summed E-state index contributed by atoms with van der Waals surface area (Å²) in [6.07, 6.45) is 1.62. The maximum atomic E-state index is 7.17. The van der Waals surface area contributed by atoms with E-state index in [1.807, 2.05) is 0 Å². The van der Waals surface area contributed by atoms with Crippen molar-refractivity contribution in [2.45, 2.75) is 6.61 Å². The first-order valence-electron chi connectivity index (χ1n) is 3.52. The van der Waals surface area contributed by atoms with Crippen molar-refractivity contribution in [1.82, 2.24) is 4.98 Å². The van der Waals surface area contributed by atoms with Gasteiger partial charge in [0, 0.05) is 18.9 Å². The molecule has 0 bridgehead atoms. The largest absolute Gasteiger partial charge is 0.384 e. The van der Waals surface area contributed by atoms with E-state index in [0.29, 0.717) is 12.2 Å². The van der Waals surface area contributed by atoms with Gasteiger partial charge in [-0.3, -0.25) is 10.4 Å². The molecule has 0 aromatic carbocycles. The van der Waals surface area contributed by atoms with E-state index in [-0.39, 0.29) is 5.84 Å². The van der Waals surface area contributed by atoms with E-state index in [9.17, 15) is 0 Å². The highest BCUT2D eigenvalue weighted by atomic mass is 16.5. The van der Waals surface area contributed by atoms with Crippen LogP contribution in [0.5, 0.6) is 0 Å². The van der Waals surface area contributed by atoms with Gasteiger partial charge in [0.25, 0.3) is 0 Å². The average molecular weight is 165 g/mol. The number of pyridine rings is 1. The van der Waals surface area contributed by atoms with Crippen LogP contribution >= 0.6 is 0 Å². The summed E-state index contributed by atoms with van der Waals surface area (Å²) in [6, 6.07) is 3.44. The van der Waals surface area contributed by atoms with Gasteiger partial charge in [0.05, 0.1) is 12.3 Å². The molecular formula is C8H11N3O. The zero-order valence-corrected chi connectivity index (χ0v) is 6.87. The summed E-state index contributed by atoms with van der Waals surface area (Å²) in [6.45, 7) is 0.446. The fourth-order valence-corrected chi connectivity index (χ4v) is 0.873. The number of nitrogen functional groups attached to an aromatic ring is 1. The zero-order valence-electron chi connectivity index (χ0n) is 6.87. The third-order valence-corrected chi connectivity index (χ3v) is 1.42. The second kappa shape index (κ2) is 3.82. The van der Waals surface area contributed by atoms with Gasteiger partial charge in [-0.05, 0) is 12.1 Å². The molecule has 1 rings (SSSR count). The minimum Gasteiger partial charge on any atom is -0.384 e. The Kier molecular flexibility index (Phi) is 2.76. The molecule has 1 heterocycles. The molecular weight excluding hydrogens is 154 g/mol. The normalized spacial score (nSPS) is 9.75. The molecule has 4 heteroatoms. The van der Waals surface area contributed by atoms with Gasteiger partial charge in [0.15, 0.2) is 0 Å². The number of hydrogen-bond acceptors (Lipinski definition) is 3. The molecule has 64 valence electrons. The Bertz CT molecular complexity index is 285. The van der Waals surface area contributed by atoms with Crippen LogP contribution in [0.1, 0.15) is 11.3 Å². The summed E-state index contributed by atoms with van der Waals surface area (Å²) in [5.74, 6) is 0.0507. The molecule has 0 radical (unpaired) electrons. The topological polar surface area (TPSA) is 72.0 Å². The maximum absolute atomic E-state index is 7.17. The number of nitrogens with two attached hydrogens (primary N) is 1. The van der Waals surface area contributed by atoms with Crippen LogP contribution in [-0.2, 0) is 11.3 Å². The molecule has 0 aliphatic rings. The summed E-state index contributed by atoms with van der Waals surface area (Å²) >= 11 is 0. The molecule has 0 aliphatic heterocycles. The number of methoxy groups -OCH3 is 1. The van der Waals surface area contributed by atoms with Gasteiger partial charge >= 0.3 is 0 Å². The second-order valence-corrected chi connectivity index (χ2v) is 2.38. The lowest BCUT2D eigenvalue weighted by atomic mass is 10.2. The molecule has 12 heavy (non-hydrogen) atoms. The Morgan fingerprint density at radius 1 is 1.75 bits per heavy atom. The van der Waals surface area contributed by atoms with Crippen molar-refractivity contribution in [3.8, 4) is 0 Å². The Balaban J connectivity index is 2.88. The lowest BCUT2D eigenvalue weighted by Gasteiger charge is -2.01. The van der Waals surface area contributed by atoms with Crippen LogP contribution in [0, 0.1) is 5.41 Å². The summed E-state index contributed by atoms with van der Waals surface area (Å²) < 4.78 is 4.89. The molecule has 0 saturated carbocycles. The van der Waals surface area contributed by atoms with E-state index in [1.165, 1.54) is 0 Å². The van der Waals surface area contributed by atoms with Crippen molar-refractivity contribution in [1.29, 1.82) is 5.41 Å². The quantitative estimate of drug-likeness (QED) is 0.506. The lowest BCUT2D eigenvalue weighted by Crippen LogP contribution is -2.11. The number of ether oxygens (including phenoxy) is 1. The molecule has 1 aromatic rings. The molecule has 0 amide bonds. The minimum atomic E-state index is 0.0507. The van der Waals surface area contributed by atoms with E-state index in [4.69, 9.17) is 15.9 Å². The molecule has 1 aromatic heterocycles. The van der Waals surface area contributed by atoms with Crippen LogP contribution in [0.25, 0.3) is 0 Å². The molecule has 0 aliphatic carbocycles. The third kappa shape index (κ3) is 2.03. The average Bonchev–Trinajstić information content (AvgIpc) is 2.05. The molecule has 0 saturated heterocycles. The SMILES string of the molecule is COCc1cc(C(=N)N)ccn1. The van der Waals surface area contributed by atoms with Gasteiger partial charge in [-0.15, -0.1) is 0 Å². The van der Waals surface area contributed by atoms with E-state index in [0.717, 1.165) is 5.69 Å². The van der Waals surface area contributed by atoms with E-state index >= 15 is 0 Å². The number of hydrogen-bond donors (Lipinski definition) is 2. The smallest absolute Gasteiger partial charge is 0.122 e. The van der Waals surface area contributed by atoms with E-state index < -0.39 is 0 Å². The van der Waals surface area contributed by atoms with Gasteiger partial charge < -0.3 is 10.5 Å². The van der Waals surface area contributed by atoms with Crippen molar-refractivity contribution in [2.24, 2.45) is 5.73 Å². The van der Waals surface area contributed by atoms with Crippen LogP contribution in [0.2, 0.25) is 0 Å². The fourth-order valence-electron chi connectivity index (χ4n) is 0.873.